The number of hydrogen-bond donors (Lipinski definition) is 2. The highest BCUT2D eigenvalue weighted by molar-refractivity contribution is 7.90. The third kappa shape index (κ3) is 4.57. The fourth-order valence-electron chi connectivity index (χ4n) is 4.97. The Labute approximate surface area is 167 Å². The molecule has 2 saturated carbocycles. The molecule has 3 atom stereocenters. The van der Waals surface area contributed by atoms with Gasteiger partial charge in [-0.05, 0) is 74.1 Å². The molecule has 2 fully saturated rings. The minimum Gasteiger partial charge on any atom is -0.326 e. The van der Waals surface area contributed by atoms with Crippen LogP contribution in [-0.4, -0.2) is 26.7 Å². The lowest BCUT2D eigenvalue weighted by atomic mass is 9.86. The second kappa shape index (κ2) is 8.23. The van der Waals surface area contributed by atoms with Crippen molar-refractivity contribution in [1.29, 1.82) is 0 Å². The Bertz CT molecular complexity index is 848. The van der Waals surface area contributed by atoms with Gasteiger partial charge in [-0.3, -0.25) is 14.5 Å². The van der Waals surface area contributed by atoms with Gasteiger partial charge >= 0.3 is 0 Å². The third-order valence-electron chi connectivity index (χ3n) is 6.41. The van der Waals surface area contributed by atoms with Crippen LogP contribution < -0.4 is 10.0 Å². The number of sulfonamides is 1. The first-order valence-electron chi connectivity index (χ1n) is 10.5. The van der Waals surface area contributed by atoms with E-state index >= 15 is 0 Å². The fraction of sp³-hybridized carbons (Fsp3) is 0.619. The van der Waals surface area contributed by atoms with Gasteiger partial charge in [-0.15, -0.1) is 0 Å². The standard InChI is InChI=1S/C21H29N3O3S/c25-21(14-17-13-15-5-6-16(17)12-15)23-18-7-9-19(10-8-18)28(26,27)24-20-4-2-1-3-11-22-20/h7-10,15-17H,1-6,11-14H2,(H,22,24)(H,23,25)/t15-,16-,17+/m1/s1. The summed E-state index contributed by atoms with van der Waals surface area (Å²) in [6, 6.07) is 6.38. The highest BCUT2D eigenvalue weighted by atomic mass is 32.2. The first-order valence-corrected chi connectivity index (χ1v) is 11.9. The SMILES string of the molecule is O=C(C[C@@H]1C[C@@H]2CC[C@@H]1C2)Nc1ccc(S(=O)(=O)NC2=NCCCCC2)cc1. The molecule has 2 bridgehead atoms. The Kier molecular flexibility index (Phi) is 5.71. The molecule has 1 heterocycles. The van der Waals surface area contributed by atoms with Gasteiger partial charge < -0.3 is 5.32 Å². The molecule has 152 valence electrons. The van der Waals surface area contributed by atoms with Crippen molar-refractivity contribution in [3.8, 4) is 0 Å². The number of fused-ring (bicyclic) bond motifs is 2. The maximum absolute atomic E-state index is 12.6. The topological polar surface area (TPSA) is 87.6 Å². The normalized spacial score (nSPS) is 27.1. The fourth-order valence-corrected chi connectivity index (χ4v) is 6.05. The van der Waals surface area contributed by atoms with Crippen molar-refractivity contribution < 1.29 is 13.2 Å². The molecular weight excluding hydrogens is 374 g/mol. The van der Waals surface area contributed by atoms with E-state index < -0.39 is 10.0 Å². The van der Waals surface area contributed by atoms with Crippen LogP contribution in [0.2, 0.25) is 0 Å². The molecule has 0 radical (unpaired) electrons. The van der Waals surface area contributed by atoms with Crippen LogP contribution in [0.1, 0.15) is 57.8 Å². The number of anilines is 1. The zero-order valence-corrected chi connectivity index (χ0v) is 17.0. The minimum atomic E-state index is -3.64. The van der Waals surface area contributed by atoms with Crippen LogP contribution in [0.25, 0.3) is 0 Å². The second-order valence-corrected chi connectivity index (χ2v) is 10.1. The van der Waals surface area contributed by atoms with E-state index in [0.29, 0.717) is 36.8 Å². The van der Waals surface area contributed by atoms with Crippen LogP contribution in [0.4, 0.5) is 5.69 Å². The van der Waals surface area contributed by atoms with Crippen LogP contribution >= 0.6 is 0 Å². The Morgan fingerprint density at radius 2 is 1.89 bits per heavy atom. The van der Waals surface area contributed by atoms with Gasteiger partial charge in [-0.25, -0.2) is 8.42 Å². The summed E-state index contributed by atoms with van der Waals surface area (Å²) >= 11 is 0. The van der Waals surface area contributed by atoms with E-state index in [0.717, 1.165) is 31.1 Å². The third-order valence-corrected chi connectivity index (χ3v) is 7.80. The average molecular weight is 404 g/mol. The number of amidine groups is 1. The molecule has 1 aromatic carbocycles. The number of nitrogens with one attached hydrogen (secondary N) is 2. The zero-order valence-electron chi connectivity index (χ0n) is 16.2. The Morgan fingerprint density at radius 1 is 1.07 bits per heavy atom. The van der Waals surface area contributed by atoms with Crippen molar-refractivity contribution in [1.82, 2.24) is 4.72 Å². The van der Waals surface area contributed by atoms with Crippen LogP contribution in [-0.2, 0) is 14.8 Å². The van der Waals surface area contributed by atoms with E-state index in [1.54, 1.807) is 12.1 Å². The minimum absolute atomic E-state index is 0.0269. The predicted molar refractivity (Wildman–Crippen MR) is 110 cm³/mol. The quantitative estimate of drug-likeness (QED) is 0.786. The molecule has 0 spiro atoms. The average Bonchev–Trinajstić information content (AvgIpc) is 3.18. The van der Waals surface area contributed by atoms with Gasteiger partial charge in [0.15, 0.2) is 0 Å². The number of benzene rings is 1. The lowest BCUT2D eigenvalue weighted by Crippen LogP contribution is -2.30. The van der Waals surface area contributed by atoms with E-state index in [1.807, 2.05) is 0 Å². The van der Waals surface area contributed by atoms with Gasteiger partial charge in [-0.1, -0.05) is 12.8 Å². The van der Waals surface area contributed by atoms with E-state index in [9.17, 15) is 13.2 Å². The largest absolute Gasteiger partial charge is 0.326 e. The number of nitrogens with zero attached hydrogens (tertiary/aromatic N) is 1. The summed E-state index contributed by atoms with van der Waals surface area (Å²) in [5.41, 5.74) is 0.638. The van der Waals surface area contributed by atoms with Crippen molar-refractivity contribution in [2.75, 3.05) is 11.9 Å². The van der Waals surface area contributed by atoms with Crippen molar-refractivity contribution >= 4 is 27.5 Å². The lowest BCUT2D eigenvalue weighted by molar-refractivity contribution is -0.117. The summed E-state index contributed by atoms with van der Waals surface area (Å²) in [6.07, 6.45) is 9.35. The first-order chi connectivity index (χ1) is 13.5. The van der Waals surface area contributed by atoms with Crippen molar-refractivity contribution in [3.63, 3.8) is 0 Å². The lowest BCUT2D eigenvalue weighted by Gasteiger charge is -2.20. The second-order valence-electron chi connectivity index (χ2n) is 8.46. The van der Waals surface area contributed by atoms with Gasteiger partial charge in [-0.2, -0.15) is 0 Å². The molecule has 0 unspecified atom stereocenters. The monoisotopic (exact) mass is 403 g/mol. The summed E-state index contributed by atoms with van der Waals surface area (Å²) in [4.78, 5) is 16.9. The summed E-state index contributed by atoms with van der Waals surface area (Å²) in [5, 5.41) is 2.92. The summed E-state index contributed by atoms with van der Waals surface area (Å²) in [7, 11) is -3.64. The predicted octanol–water partition coefficient (Wildman–Crippen LogP) is 3.70. The van der Waals surface area contributed by atoms with Crippen LogP contribution in [0.5, 0.6) is 0 Å². The van der Waals surface area contributed by atoms with Crippen molar-refractivity contribution in [3.05, 3.63) is 24.3 Å². The van der Waals surface area contributed by atoms with E-state index in [-0.39, 0.29) is 10.8 Å². The number of aliphatic imine (C=N–C) groups is 1. The van der Waals surface area contributed by atoms with Crippen LogP contribution in [0.15, 0.2) is 34.2 Å². The Hall–Kier alpha value is -1.89. The number of carbonyl (C=O) groups is 1. The first kappa shape index (κ1) is 19.4. The van der Waals surface area contributed by atoms with E-state index in [4.69, 9.17) is 0 Å². The zero-order chi connectivity index (χ0) is 19.6. The number of rotatable bonds is 5. The molecule has 0 aromatic heterocycles. The Balaban J connectivity index is 1.33. The number of hydrogen-bond acceptors (Lipinski definition) is 4. The van der Waals surface area contributed by atoms with Gasteiger partial charge in [0.1, 0.15) is 5.84 Å². The summed E-state index contributed by atoms with van der Waals surface area (Å²) < 4.78 is 27.8. The van der Waals surface area contributed by atoms with Crippen molar-refractivity contribution in [2.45, 2.75) is 62.7 Å². The highest BCUT2D eigenvalue weighted by Gasteiger charge is 2.40. The van der Waals surface area contributed by atoms with E-state index in [2.05, 4.69) is 15.0 Å². The molecule has 2 aliphatic carbocycles. The van der Waals surface area contributed by atoms with Crippen molar-refractivity contribution in [2.24, 2.45) is 22.7 Å². The number of amides is 1. The highest BCUT2D eigenvalue weighted by Crippen LogP contribution is 2.49. The summed E-state index contributed by atoms with van der Waals surface area (Å²) in [5.74, 6) is 2.64. The van der Waals surface area contributed by atoms with Gasteiger partial charge in [0.05, 0.1) is 4.90 Å². The molecular formula is C21H29N3O3S. The molecule has 2 N–H and O–H groups in total. The molecule has 4 rings (SSSR count). The maximum Gasteiger partial charge on any atom is 0.262 e. The molecule has 28 heavy (non-hydrogen) atoms. The molecule has 0 saturated heterocycles. The summed E-state index contributed by atoms with van der Waals surface area (Å²) in [6.45, 7) is 0.672. The van der Waals surface area contributed by atoms with Crippen LogP contribution in [0, 0.1) is 17.8 Å². The number of carbonyl (C=O) groups excluding carboxylic acids is 1. The molecule has 1 aromatic rings. The molecule has 1 aliphatic heterocycles. The smallest absolute Gasteiger partial charge is 0.262 e. The molecule has 7 heteroatoms. The van der Waals surface area contributed by atoms with Gasteiger partial charge in [0, 0.05) is 25.1 Å². The van der Waals surface area contributed by atoms with Gasteiger partial charge in [0.25, 0.3) is 10.0 Å². The van der Waals surface area contributed by atoms with Crippen LogP contribution in [0.3, 0.4) is 0 Å². The Morgan fingerprint density at radius 3 is 2.61 bits per heavy atom. The molecule has 1 amide bonds. The van der Waals surface area contributed by atoms with E-state index in [1.165, 1.54) is 37.8 Å². The van der Waals surface area contributed by atoms with Gasteiger partial charge in [0.2, 0.25) is 5.91 Å². The molecule has 6 nitrogen and oxygen atoms in total. The molecule has 3 aliphatic rings. The maximum atomic E-state index is 12.6.